The Kier molecular flexibility index (Phi) is 5.45. The standard InChI is InChI=1S/C27H21F2N3O2/c1-16-12-13-18-7-3-4-8-19(18)24(16)31-27(33)25-17(2)30-26-23(11-6-14-32(25)26)34-15-20-21(28)9-5-10-22(20)29/h3-14H,15H2,1-2H3,(H,31,33). The molecule has 0 bridgehead atoms. The molecular weight excluding hydrogens is 436 g/mol. The van der Waals surface area contributed by atoms with Gasteiger partial charge in [-0.3, -0.25) is 9.20 Å². The number of ether oxygens (including phenoxy) is 1. The van der Waals surface area contributed by atoms with E-state index in [1.165, 1.54) is 18.2 Å². The van der Waals surface area contributed by atoms with Crippen molar-refractivity contribution in [2.45, 2.75) is 20.5 Å². The molecule has 2 aromatic heterocycles. The van der Waals surface area contributed by atoms with Crippen LogP contribution in [0, 0.1) is 25.5 Å². The molecule has 0 saturated heterocycles. The fourth-order valence-electron chi connectivity index (χ4n) is 4.08. The smallest absolute Gasteiger partial charge is 0.274 e. The molecule has 0 aliphatic carbocycles. The molecule has 0 fully saturated rings. The summed E-state index contributed by atoms with van der Waals surface area (Å²) in [7, 11) is 0. The number of pyridine rings is 1. The quantitative estimate of drug-likeness (QED) is 0.341. The maximum absolute atomic E-state index is 14.0. The molecule has 3 aromatic carbocycles. The van der Waals surface area contributed by atoms with Gasteiger partial charge in [-0.15, -0.1) is 0 Å². The first kappa shape index (κ1) is 21.6. The zero-order valence-corrected chi connectivity index (χ0v) is 18.6. The van der Waals surface area contributed by atoms with Crippen LogP contribution in [0.2, 0.25) is 0 Å². The van der Waals surface area contributed by atoms with E-state index in [4.69, 9.17) is 4.74 Å². The van der Waals surface area contributed by atoms with Gasteiger partial charge in [-0.25, -0.2) is 13.8 Å². The summed E-state index contributed by atoms with van der Waals surface area (Å²) in [6.45, 7) is 3.37. The zero-order valence-electron chi connectivity index (χ0n) is 18.6. The number of benzene rings is 3. The lowest BCUT2D eigenvalue weighted by molar-refractivity contribution is 0.102. The number of carbonyl (C=O) groups is 1. The minimum atomic E-state index is -0.683. The number of hydrogen-bond acceptors (Lipinski definition) is 3. The van der Waals surface area contributed by atoms with E-state index >= 15 is 0 Å². The Morgan fingerprint density at radius 3 is 2.53 bits per heavy atom. The van der Waals surface area contributed by atoms with Gasteiger partial charge in [0.1, 0.15) is 23.9 Å². The number of rotatable bonds is 5. The predicted molar refractivity (Wildman–Crippen MR) is 127 cm³/mol. The normalized spacial score (nSPS) is 11.2. The Bertz CT molecular complexity index is 1540. The van der Waals surface area contributed by atoms with Crippen LogP contribution in [0.1, 0.15) is 27.3 Å². The zero-order chi connectivity index (χ0) is 23.8. The summed E-state index contributed by atoms with van der Waals surface area (Å²) >= 11 is 0. The molecule has 7 heteroatoms. The fraction of sp³-hybridized carbons (Fsp3) is 0.111. The number of amides is 1. The molecule has 2 heterocycles. The van der Waals surface area contributed by atoms with Gasteiger partial charge in [-0.2, -0.15) is 0 Å². The number of aryl methyl sites for hydroxylation is 2. The first-order valence-corrected chi connectivity index (χ1v) is 10.8. The molecule has 1 N–H and O–H groups in total. The van der Waals surface area contributed by atoms with Gasteiger partial charge in [0.05, 0.1) is 16.9 Å². The lowest BCUT2D eigenvalue weighted by atomic mass is 10.0. The lowest BCUT2D eigenvalue weighted by Crippen LogP contribution is -2.16. The van der Waals surface area contributed by atoms with Crippen LogP contribution >= 0.6 is 0 Å². The van der Waals surface area contributed by atoms with Crippen LogP contribution in [-0.2, 0) is 6.61 Å². The van der Waals surface area contributed by atoms with E-state index in [1.807, 2.05) is 43.3 Å². The van der Waals surface area contributed by atoms with Gasteiger partial charge < -0.3 is 10.1 Å². The van der Waals surface area contributed by atoms with Crippen molar-refractivity contribution in [2.24, 2.45) is 0 Å². The number of halogens is 2. The summed E-state index contributed by atoms with van der Waals surface area (Å²) in [5, 5.41) is 5.01. The molecule has 0 unspecified atom stereocenters. The van der Waals surface area contributed by atoms with Crippen molar-refractivity contribution >= 4 is 28.0 Å². The second-order valence-electron chi connectivity index (χ2n) is 8.03. The van der Waals surface area contributed by atoms with Crippen molar-refractivity contribution in [3.8, 4) is 5.75 Å². The molecule has 34 heavy (non-hydrogen) atoms. The molecule has 0 atom stereocenters. The SMILES string of the molecule is Cc1ccc2ccccc2c1NC(=O)c1c(C)nc2c(OCc3c(F)cccc3F)cccn12. The highest BCUT2D eigenvalue weighted by atomic mass is 19.1. The monoisotopic (exact) mass is 457 g/mol. The van der Waals surface area contributed by atoms with Crippen LogP contribution in [0.5, 0.6) is 5.75 Å². The van der Waals surface area contributed by atoms with Crippen molar-refractivity contribution < 1.29 is 18.3 Å². The summed E-state index contributed by atoms with van der Waals surface area (Å²) in [5.41, 5.74) is 2.75. The predicted octanol–water partition coefficient (Wildman–Crippen LogP) is 6.21. The van der Waals surface area contributed by atoms with Crippen LogP contribution < -0.4 is 10.1 Å². The third-order valence-corrected chi connectivity index (χ3v) is 5.81. The maximum atomic E-state index is 14.0. The van der Waals surface area contributed by atoms with Crippen LogP contribution in [-0.4, -0.2) is 15.3 Å². The number of hydrogen-bond donors (Lipinski definition) is 1. The summed E-state index contributed by atoms with van der Waals surface area (Å²) in [4.78, 5) is 17.9. The van der Waals surface area contributed by atoms with Crippen molar-refractivity contribution in [3.63, 3.8) is 0 Å². The number of carbonyl (C=O) groups excluding carboxylic acids is 1. The van der Waals surface area contributed by atoms with E-state index in [0.29, 0.717) is 22.8 Å². The number of anilines is 1. The van der Waals surface area contributed by atoms with Crippen molar-refractivity contribution in [3.05, 3.63) is 107 Å². The Hall–Kier alpha value is -4.26. The Morgan fingerprint density at radius 2 is 1.74 bits per heavy atom. The molecule has 0 radical (unpaired) electrons. The number of aromatic nitrogens is 2. The average molecular weight is 457 g/mol. The fourth-order valence-corrected chi connectivity index (χ4v) is 4.08. The Balaban J connectivity index is 1.49. The maximum Gasteiger partial charge on any atom is 0.274 e. The summed E-state index contributed by atoms with van der Waals surface area (Å²) in [5.74, 6) is -1.37. The van der Waals surface area contributed by atoms with Gasteiger partial charge in [0.2, 0.25) is 0 Å². The van der Waals surface area contributed by atoms with Crippen LogP contribution in [0.25, 0.3) is 16.4 Å². The van der Waals surface area contributed by atoms with Gasteiger partial charge in [0, 0.05) is 11.6 Å². The van der Waals surface area contributed by atoms with Crippen molar-refractivity contribution in [1.29, 1.82) is 0 Å². The Morgan fingerprint density at radius 1 is 0.971 bits per heavy atom. The van der Waals surface area contributed by atoms with Crippen LogP contribution in [0.4, 0.5) is 14.5 Å². The highest BCUT2D eigenvalue weighted by Crippen LogP contribution is 2.29. The molecule has 0 spiro atoms. The lowest BCUT2D eigenvalue weighted by Gasteiger charge is -2.13. The highest BCUT2D eigenvalue weighted by Gasteiger charge is 2.21. The third kappa shape index (κ3) is 3.75. The van der Waals surface area contributed by atoms with Gasteiger partial charge in [-0.05, 0) is 49.1 Å². The van der Waals surface area contributed by atoms with Crippen molar-refractivity contribution in [2.75, 3.05) is 5.32 Å². The minimum absolute atomic E-state index is 0.169. The number of nitrogens with zero attached hydrogens (tertiary/aromatic N) is 2. The molecule has 5 nitrogen and oxygen atoms in total. The summed E-state index contributed by atoms with van der Waals surface area (Å²) in [6, 6.07) is 18.8. The third-order valence-electron chi connectivity index (χ3n) is 5.81. The van der Waals surface area contributed by atoms with E-state index in [9.17, 15) is 13.6 Å². The number of nitrogens with one attached hydrogen (secondary N) is 1. The van der Waals surface area contributed by atoms with E-state index in [2.05, 4.69) is 10.3 Å². The summed E-state index contributed by atoms with van der Waals surface area (Å²) in [6.07, 6.45) is 1.71. The Labute approximate surface area is 194 Å². The molecule has 5 rings (SSSR count). The van der Waals surface area contributed by atoms with E-state index in [1.54, 1.807) is 29.7 Å². The largest absolute Gasteiger partial charge is 0.485 e. The second kappa shape index (κ2) is 8.59. The first-order valence-electron chi connectivity index (χ1n) is 10.8. The van der Waals surface area contributed by atoms with Gasteiger partial charge in [0.25, 0.3) is 5.91 Å². The van der Waals surface area contributed by atoms with E-state index in [0.717, 1.165) is 22.0 Å². The van der Waals surface area contributed by atoms with Crippen molar-refractivity contribution in [1.82, 2.24) is 9.38 Å². The van der Waals surface area contributed by atoms with Gasteiger partial charge >= 0.3 is 0 Å². The molecular formula is C27H21F2N3O2. The van der Waals surface area contributed by atoms with E-state index < -0.39 is 11.6 Å². The topological polar surface area (TPSA) is 55.6 Å². The number of imidazole rings is 1. The molecule has 1 amide bonds. The molecule has 0 saturated carbocycles. The first-order chi connectivity index (χ1) is 16.4. The van der Waals surface area contributed by atoms with Crippen LogP contribution in [0.3, 0.4) is 0 Å². The molecule has 0 aliphatic heterocycles. The molecule has 0 aliphatic rings. The van der Waals surface area contributed by atoms with Crippen LogP contribution in [0.15, 0.2) is 72.9 Å². The van der Waals surface area contributed by atoms with Gasteiger partial charge in [0.15, 0.2) is 11.4 Å². The number of fused-ring (bicyclic) bond motifs is 2. The highest BCUT2D eigenvalue weighted by molar-refractivity contribution is 6.10. The van der Waals surface area contributed by atoms with Gasteiger partial charge in [-0.1, -0.05) is 42.5 Å². The molecule has 170 valence electrons. The van der Waals surface area contributed by atoms with E-state index in [-0.39, 0.29) is 18.1 Å². The minimum Gasteiger partial charge on any atom is -0.485 e. The second-order valence-corrected chi connectivity index (χ2v) is 8.03. The summed E-state index contributed by atoms with van der Waals surface area (Å²) < 4.78 is 35.3. The average Bonchev–Trinajstić information content (AvgIpc) is 3.17. The molecule has 5 aromatic rings.